The number of hydrogen-bond acceptors (Lipinski definition) is 5. The van der Waals surface area contributed by atoms with Crippen LogP contribution in [0.1, 0.15) is 11.6 Å². The third kappa shape index (κ3) is 2.88. The summed E-state index contributed by atoms with van der Waals surface area (Å²) in [5.74, 6) is 1.30. The first-order chi connectivity index (χ1) is 8.19. The van der Waals surface area contributed by atoms with E-state index in [2.05, 4.69) is 0 Å². The van der Waals surface area contributed by atoms with Crippen molar-refractivity contribution in [2.24, 2.45) is 5.73 Å². The summed E-state index contributed by atoms with van der Waals surface area (Å²) in [5.41, 5.74) is 6.83. The molecule has 1 aromatic carbocycles. The van der Waals surface area contributed by atoms with Crippen molar-refractivity contribution in [2.75, 3.05) is 28.4 Å². The van der Waals surface area contributed by atoms with Crippen molar-refractivity contribution in [1.29, 1.82) is 0 Å². The largest absolute Gasteiger partial charge is 0.496 e. The lowest BCUT2D eigenvalue weighted by Crippen LogP contribution is -2.30. The van der Waals surface area contributed by atoms with E-state index in [9.17, 15) is 0 Å². The van der Waals surface area contributed by atoms with E-state index in [4.69, 9.17) is 24.7 Å². The summed E-state index contributed by atoms with van der Waals surface area (Å²) in [7, 11) is 6.24. The fourth-order valence-corrected chi connectivity index (χ4v) is 1.73. The van der Waals surface area contributed by atoms with Gasteiger partial charge in [-0.25, -0.2) is 0 Å². The Balaban J connectivity index is 3.17. The summed E-state index contributed by atoms with van der Waals surface area (Å²) in [6, 6.07) is 4.99. The number of benzene rings is 1. The van der Waals surface area contributed by atoms with Gasteiger partial charge in [0.15, 0.2) is 6.29 Å². The van der Waals surface area contributed by atoms with E-state index < -0.39 is 12.3 Å². The van der Waals surface area contributed by atoms with Crippen LogP contribution in [0.4, 0.5) is 0 Å². The molecular formula is C12H19NO4. The predicted octanol–water partition coefficient (Wildman–Crippen LogP) is 1.32. The van der Waals surface area contributed by atoms with Gasteiger partial charge in [0.2, 0.25) is 0 Å². The first-order valence-corrected chi connectivity index (χ1v) is 5.21. The van der Waals surface area contributed by atoms with Gasteiger partial charge in [-0.15, -0.1) is 0 Å². The highest BCUT2D eigenvalue weighted by molar-refractivity contribution is 5.47. The summed E-state index contributed by atoms with van der Waals surface area (Å²) >= 11 is 0. The van der Waals surface area contributed by atoms with Crippen LogP contribution in [0.5, 0.6) is 11.5 Å². The van der Waals surface area contributed by atoms with Gasteiger partial charge in [-0.3, -0.25) is 0 Å². The van der Waals surface area contributed by atoms with Crippen LogP contribution in [0.25, 0.3) is 0 Å². The number of nitrogens with two attached hydrogens (primary N) is 1. The van der Waals surface area contributed by atoms with Crippen molar-refractivity contribution >= 4 is 0 Å². The zero-order chi connectivity index (χ0) is 12.8. The molecule has 0 saturated heterocycles. The number of methoxy groups -OCH3 is 4. The van der Waals surface area contributed by atoms with E-state index in [0.29, 0.717) is 11.5 Å². The van der Waals surface area contributed by atoms with Crippen LogP contribution in [0.3, 0.4) is 0 Å². The van der Waals surface area contributed by atoms with E-state index in [1.165, 1.54) is 14.2 Å². The SMILES string of the molecule is COc1cccc(OC)c1C(N)C(OC)OC. The number of hydrogen-bond donors (Lipinski definition) is 1. The Kier molecular flexibility index (Phi) is 5.21. The molecule has 0 saturated carbocycles. The lowest BCUT2D eigenvalue weighted by Gasteiger charge is -2.24. The zero-order valence-corrected chi connectivity index (χ0v) is 10.6. The van der Waals surface area contributed by atoms with Crippen molar-refractivity contribution in [3.05, 3.63) is 23.8 Å². The molecule has 0 spiro atoms. The lowest BCUT2D eigenvalue weighted by atomic mass is 10.0. The Morgan fingerprint density at radius 2 is 1.41 bits per heavy atom. The van der Waals surface area contributed by atoms with Crippen LogP contribution in [0, 0.1) is 0 Å². The maximum atomic E-state index is 6.10. The second-order valence-corrected chi connectivity index (χ2v) is 3.44. The normalized spacial score (nSPS) is 12.6. The van der Waals surface area contributed by atoms with Crippen LogP contribution in [-0.2, 0) is 9.47 Å². The highest BCUT2D eigenvalue weighted by atomic mass is 16.7. The average Bonchev–Trinajstić information content (AvgIpc) is 2.38. The van der Waals surface area contributed by atoms with Gasteiger partial charge in [0.05, 0.1) is 25.8 Å². The van der Waals surface area contributed by atoms with E-state index in [1.807, 2.05) is 18.2 Å². The highest BCUT2D eigenvalue weighted by Crippen LogP contribution is 2.34. The van der Waals surface area contributed by atoms with Crippen LogP contribution in [0.2, 0.25) is 0 Å². The van der Waals surface area contributed by atoms with Gasteiger partial charge in [0.25, 0.3) is 0 Å². The van der Waals surface area contributed by atoms with Crippen molar-refractivity contribution in [1.82, 2.24) is 0 Å². The van der Waals surface area contributed by atoms with Crippen molar-refractivity contribution in [3.63, 3.8) is 0 Å². The molecule has 1 aromatic rings. The first-order valence-electron chi connectivity index (χ1n) is 5.21. The van der Waals surface area contributed by atoms with Crippen LogP contribution in [-0.4, -0.2) is 34.7 Å². The van der Waals surface area contributed by atoms with Gasteiger partial charge in [-0.2, -0.15) is 0 Å². The quantitative estimate of drug-likeness (QED) is 0.761. The highest BCUT2D eigenvalue weighted by Gasteiger charge is 2.25. The molecule has 1 rings (SSSR count). The minimum atomic E-state index is -0.555. The maximum Gasteiger partial charge on any atom is 0.176 e. The topological polar surface area (TPSA) is 62.9 Å². The fourth-order valence-electron chi connectivity index (χ4n) is 1.73. The van der Waals surface area contributed by atoms with Crippen molar-refractivity contribution in [3.8, 4) is 11.5 Å². The molecule has 0 aliphatic rings. The van der Waals surface area contributed by atoms with E-state index in [1.54, 1.807) is 14.2 Å². The van der Waals surface area contributed by atoms with Crippen LogP contribution < -0.4 is 15.2 Å². The lowest BCUT2D eigenvalue weighted by molar-refractivity contribution is -0.117. The van der Waals surface area contributed by atoms with Gasteiger partial charge in [0.1, 0.15) is 11.5 Å². The Morgan fingerprint density at radius 3 is 1.76 bits per heavy atom. The molecule has 0 fully saturated rings. The summed E-state index contributed by atoms with van der Waals surface area (Å²) in [4.78, 5) is 0. The fraction of sp³-hybridized carbons (Fsp3) is 0.500. The number of ether oxygens (including phenoxy) is 4. The third-order valence-electron chi connectivity index (χ3n) is 2.56. The standard InChI is InChI=1S/C12H19NO4/c1-14-8-6-5-7-9(15-2)10(8)11(13)12(16-3)17-4/h5-7,11-12H,13H2,1-4H3. The van der Waals surface area contributed by atoms with Gasteiger partial charge >= 0.3 is 0 Å². The van der Waals surface area contributed by atoms with Gasteiger partial charge in [0, 0.05) is 14.2 Å². The Hall–Kier alpha value is -1.30. The monoisotopic (exact) mass is 241 g/mol. The van der Waals surface area contributed by atoms with Crippen molar-refractivity contribution in [2.45, 2.75) is 12.3 Å². The molecule has 0 heterocycles. The summed E-state index contributed by atoms with van der Waals surface area (Å²) in [5, 5.41) is 0. The molecule has 0 aliphatic carbocycles. The predicted molar refractivity (Wildman–Crippen MR) is 64.3 cm³/mol. The second kappa shape index (κ2) is 6.44. The van der Waals surface area contributed by atoms with Crippen LogP contribution in [0.15, 0.2) is 18.2 Å². The molecule has 0 bridgehead atoms. The Bertz CT molecular complexity index is 330. The Labute approximate surface area is 101 Å². The summed E-state index contributed by atoms with van der Waals surface area (Å²) in [6.07, 6.45) is -0.555. The average molecular weight is 241 g/mol. The van der Waals surface area contributed by atoms with Gasteiger partial charge < -0.3 is 24.7 Å². The molecule has 0 amide bonds. The second-order valence-electron chi connectivity index (χ2n) is 3.44. The van der Waals surface area contributed by atoms with E-state index >= 15 is 0 Å². The Morgan fingerprint density at radius 1 is 0.941 bits per heavy atom. The molecule has 17 heavy (non-hydrogen) atoms. The molecular weight excluding hydrogens is 222 g/mol. The van der Waals surface area contributed by atoms with E-state index in [-0.39, 0.29) is 0 Å². The molecule has 1 unspecified atom stereocenters. The van der Waals surface area contributed by atoms with Gasteiger partial charge in [-0.05, 0) is 12.1 Å². The molecule has 5 nitrogen and oxygen atoms in total. The molecule has 0 aliphatic heterocycles. The minimum Gasteiger partial charge on any atom is -0.496 e. The molecule has 0 radical (unpaired) electrons. The first kappa shape index (κ1) is 13.8. The third-order valence-corrected chi connectivity index (χ3v) is 2.56. The summed E-state index contributed by atoms with van der Waals surface area (Å²) < 4.78 is 20.9. The molecule has 2 N–H and O–H groups in total. The minimum absolute atomic E-state index is 0.490. The van der Waals surface area contributed by atoms with Crippen LogP contribution >= 0.6 is 0 Å². The molecule has 96 valence electrons. The molecule has 1 atom stereocenters. The number of rotatable bonds is 6. The smallest absolute Gasteiger partial charge is 0.176 e. The summed E-state index contributed by atoms with van der Waals surface area (Å²) in [6.45, 7) is 0. The van der Waals surface area contributed by atoms with E-state index in [0.717, 1.165) is 5.56 Å². The zero-order valence-electron chi connectivity index (χ0n) is 10.6. The van der Waals surface area contributed by atoms with Gasteiger partial charge in [-0.1, -0.05) is 6.07 Å². The molecule has 0 aromatic heterocycles. The molecule has 5 heteroatoms. The van der Waals surface area contributed by atoms with Crippen molar-refractivity contribution < 1.29 is 18.9 Å². The maximum absolute atomic E-state index is 6.10.